The molecule has 3 aliphatic rings. The van der Waals surface area contributed by atoms with Crippen LogP contribution in [-0.2, 0) is 31.7 Å². The first-order valence-electron chi connectivity index (χ1n) is 16.4. The average molecular weight is 658 g/mol. The summed E-state index contributed by atoms with van der Waals surface area (Å²) in [7, 11) is 3.84. The highest BCUT2D eigenvalue weighted by atomic mass is 19.4. The number of terminal acetylenes is 2. The molecule has 3 heterocycles. The summed E-state index contributed by atoms with van der Waals surface area (Å²) < 4.78 is 45.7. The largest absolute Gasteiger partial charge is 0.416 e. The molecule has 2 aromatic carbocycles. The van der Waals surface area contributed by atoms with E-state index in [2.05, 4.69) is 39.2 Å². The van der Waals surface area contributed by atoms with Crippen LogP contribution in [-0.4, -0.2) is 69.4 Å². The van der Waals surface area contributed by atoms with Gasteiger partial charge in [-0.05, 0) is 80.1 Å². The first-order valence-corrected chi connectivity index (χ1v) is 16.4. The van der Waals surface area contributed by atoms with Crippen LogP contribution in [0.2, 0.25) is 0 Å². The molecular weight excluding hydrogens is 615 g/mol. The van der Waals surface area contributed by atoms with E-state index in [1.807, 2.05) is 48.7 Å². The Hall–Kier alpha value is -4.16. The van der Waals surface area contributed by atoms with Crippen LogP contribution in [0, 0.1) is 36.5 Å². The number of piperidine rings is 1. The minimum Gasteiger partial charge on any atom is -0.320 e. The molecule has 1 saturated heterocycles. The van der Waals surface area contributed by atoms with Crippen molar-refractivity contribution in [2.24, 2.45) is 18.9 Å². The number of halogens is 3. The maximum Gasteiger partial charge on any atom is 0.416 e. The van der Waals surface area contributed by atoms with Gasteiger partial charge in [0, 0.05) is 49.9 Å². The monoisotopic (exact) mass is 657 g/mol. The molecule has 1 unspecified atom stereocenters. The van der Waals surface area contributed by atoms with Crippen molar-refractivity contribution in [2.75, 3.05) is 31.6 Å². The molecule has 0 spiro atoms. The van der Waals surface area contributed by atoms with E-state index >= 15 is 0 Å². The molecular formula is C37H42F3N7O. The maximum atomic E-state index is 14.6. The Labute approximate surface area is 280 Å². The van der Waals surface area contributed by atoms with Gasteiger partial charge in [0.1, 0.15) is 12.2 Å². The second-order valence-corrected chi connectivity index (χ2v) is 13.9. The van der Waals surface area contributed by atoms with Crippen molar-refractivity contribution in [2.45, 2.75) is 70.0 Å². The van der Waals surface area contributed by atoms with Crippen molar-refractivity contribution in [1.29, 1.82) is 0 Å². The van der Waals surface area contributed by atoms with Crippen LogP contribution >= 0.6 is 0 Å². The van der Waals surface area contributed by atoms with Crippen molar-refractivity contribution >= 4 is 11.6 Å². The van der Waals surface area contributed by atoms with E-state index in [1.165, 1.54) is 11.0 Å². The third-order valence-electron chi connectivity index (χ3n) is 10.3. The number of fused-ring (bicyclic) bond motifs is 1. The lowest BCUT2D eigenvalue weighted by atomic mass is 9.58. The topological polar surface area (TPSA) is 69.5 Å². The number of nitrogens with zero attached hydrogens (tertiary/aromatic N) is 6. The number of rotatable bonds is 9. The molecule has 0 radical (unpaired) electrons. The number of anilines is 1. The van der Waals surface area contributed by atoms with Crippen molar-refractivity contribution in [3.8, 4) is 24.7 Å². The number of nitrogens with one attached hydrogen (secondary N) is 1. The number of carbonyl (C=O) groups excluding carboxylic acids is 1. The van der Waals surface area contributed by atoms with Gasteiger partial charge in [-0.2, -0.15) is 13.2 Å². The van der Waals surface area contributed by atoms with Gasteiger partial charge >= 0.3 is 6.18 Å². The first kappa shape index (κ1) is 33.7. The van der Waals surface area contributed by atoms with Crippen LogP contribution in [0.4, 0.5) is 18.9 Å². The van der Waals surface area contributed by atoms with Crippen molar-refractivity contribution in [3.05, 3.63) is 76.4 Å². The molecule has 2 aliphatic heterocycles. The van der Waals surface area contributed by atoms with Gasteiger partial charge in [0.05, 0.1) is 30.2 Å². The van der Waals surface area contributed by atoms with Crippen LogP contribution in [0.3, 0.4) is 0 Å². The van der Waals surface area contributed by atoms with E-state index in [0.29, 0.717) is 36.8 Å². The zero-order valence-electron chi connectivity index (χ0n) is 27.9. The summed E-state index contributed by atoms with van der Waals surface area (Å²) in [6, 6.07) is 10.5. The van der Waals surface area contributed by atoms with Crippen LogP contribution in [0.1, 0.15) is 71.5 Å². The lowest BCUT2D eigenvalue weighted by Gasteiger charge is -2.46. The van der Waals surface area contributed by atoms with Gasteiger partial charge in [-0.1, -0.05) is 25.0 Å². The minimum atomic E-state index is -4.63. The number of alkyl halides is 3. The van der Waals surface area contributed by atoms with Crippen LogP contribution < -0.4 is 10.2 Å². The molecule has 11 heteroatoms. The predicted octanol–water partition coefficient (Wildman–Crippen LogP) is 5.03. The van der Waals surface area contributed by atoms with Gasteiger partial charge in [0.25, 0.3) is 5.91 Å². The van der Waals surface area contributed by atoms with E-state index < -0.39 is 17.6 Å². The molecule has 252 valence electrons. The number of aromatic nitrogens is 3. The Morgan fingerprint density at radius 3 is 2.60 bits per heavy atom. The molecule has 0 bridgehead atoms. The Balaban J connectivity index is 1.27. The fraction of sp³-hybridized carbons (Fsp3) is 0.486. The number of carbonyl (C=O) groups is 1. The second-order valence-electron chi connectivity index (χ2n) is 13.9. The summed E-state index contributed by atoms with van der Waals surface area (Å²) in [5.41, 5.74) is 0.939. The summed E-state index contributed by atoms with van der Waals surface area (Å²) in [5.74, 6) is 6.31. The molecule has 8 nitrogen and oxygen atoms in total. The second kappa shape index (κ2) is 13.0. The molecule has 6 rings (SSSR count). The SMILES string of the molecule is C#CCN(C)C(C)N[C@H]1C[C@@H](C#C)CN(Cc2cc3c(c(C(F)(F)F)c2)CN(c2cccc(C4(c5nncn5C)CC(C)C4)c2)C3=O)C1. The van der Waals surface area contributed by atoms with E-state index in [0.717, 1.165) is 30.7 Å². The van der Waals surface area contributed by atoms with Gasteiger partial charge in [-0.25, -0.2) is 0 Å². The van der Waals surface area contributed by atoms with E-state index in [-0.39, 0.29) is 47.8 Å². The van der Waals surface area contributed by atoms with Gasteiger partial charge < -0.3 is 9.47 Å². The van der Waals surface area contributed by atoms with Gasteiger partial charge in [-0.15, -0.1) is 29.0 Å². The van der Waals surface area contributed by atoms with Crippen molar-refractivity contribution in [3.63, 3.8) is 0 Å². The van der Waals surface area contributed by atoms with Gasteiger partial charge in [-0.3, -0.25) is 19.9 Å². The van der Waals surface area contributed by atoms with Crippen LogP contribution in [0.5, 0.6) is 0 Å². The molecule has 48 heavy (non-hydrogen) atoms. The highest BCUT2D eigenvalue weighted by Crippen LogP contribution is 2.52. The molecule has 3 atom stereocenters. The van der Waals surface area contributed by atoms with Crippen molar-refractivity contribution < 1.29 is 18.0 Å². The molecule has 2 fully saturated rings. The molecule has 3 aromatic rings. The first-order chi connectivity index (χ1) is 22.8. The number of hydrogen-bond acceptors (Lipinski definition) is 6. The predicted molar refractivity (Wildman–Crippen MR) is 179 cm³/mol. The normalized spacial score (nSPS) is 25.0. The Bertz CT molecular complexity index is 1760. The molecule has 1 amide bonds. The van der Waals surface area contributed by atoms with Crippen LogP contribution in [0.15, 0.2) is 42.7 Å². The molecule has 1 N–H and O–H groups in total. The third-order valence-corrected chi connectivity index (χ3v) is 10.3. The van der Waals surface area contributed by atoms with E-state index in [9.17, 15) is 18.0 Å². The average Bonchev–Trinajstić information content (AvgIpc) is 3.61. The van der Waals surface area contributed by atoms with Crippen molar-refractivity contribution in [1.82, 2.24) is 29.9 Å². The van der Waals surface area contributed by atoms with Gasteiger partial charge in [0.15, 0.2) is 0 Å². The number of aryl methyl sites for hydroxylation is 1. The Morgan fingerprint density at radius 2 is 1.96 bits per heavy atom. The quantitative estimate of drug-likeness (QED) is 0.257. The zero-order valence-corrected chi connectivity index (χ0v) is 27.9. The summed E-state index contributed by atoms with van der Waals surface area (Å²) in [6.45, 7) is 5.93. The van der Waals surface area contributed by atoms with Crippen LogP contribution in [0.25, 0.3) is 0 Å². The molecule has 1 aliphatic carbocycles. The highest BCUT2D eigenvalue weighted by molar-refractivity contribution is 6.10. The van der Waals surface area contributed by atoms with E-state index in [4.69, 9.17) is 12.8 Å². The highest BCUT2D eigenvalue weighted by Gasteiger charge is 2.48. The standard InChI is InChI=1S/C37H42F3N7O/c1-7-12-44(5)25(4)42-29-13-26(8-2)19-46(21-29)20-27-14-31-32(33(15-27)37(38,39)40)22-47(34(31)48)30-11-9-10-28(16-30)36(17-24(3)18-36)35-43-41-23-45(35)6/h1-2,9-11,14-16,23-26,29,42H,12-13,17-22H2,3-6H3/t24?,25?,26-,29+,36?/m1/s1. The Morgan fingerprint density at radius 1 is 1.19 bits per heavy atom. The number of hydrogen-bond donors (Lipinski definition) is 1. The summed E-state index contributed by atoms with van der Waals surface area (Å²) in [6.07, 6.45) is 10.9. The summed E-state index contributed by atoms with van der Waals surface area (Å²) in [5, 5.41) is 12.1. The number of likely N-dealkylation sites (tertiary alicyclic amines) is 1. The molecule has 1 saturated carbocycles. The lowest BCUT2D eigenvalue weighted by Crippen LogP contribution is -2.54. The van der Waals surface area contributed by atoms with E-state index in [1.54, 1.807) is 18.5 Å². The summed E-state index contributed by atoms with van der Waals surface area (Å²) in [4.78, 5) is 19.5. The Kier molecular flexibility index (Phi) is 9.16. The summed E-state index contributed by atoms with van der Waals surface area (Å²) >= 11 is 0. The lowest BCUT2D eigenvalue weighted by molar-refractivity contribution is -0.138. The minimum absolute atomic E-state index is 0.00648. The smallest absolute Gasteiger partial charge is 0.320 e. The number of benzene rings is 2. The molecule has 1 aromatic heterocycles. The van der Waals surface area contributed by atoms with Gasteiger partial charge in [0.2, 0.25) is 0 Å². The number of amides is 1. The maximum absolute atomic E-state index is 14.6. The fourth-order valence-corrected chi connectivity index (χ4v) is 7.95. The fourth-order valence-electron chi connectivity index (χ4n) is 7.95. The zero-order chi connectivity index (χ0) is 34.4. The third kappa shape index (κ3) is 6.35.